The van der Waals surface area contributed by atoms with Gasteiger partial charge in [-0.2, -0.15) is 4.31 Å². The quantitative estimate of drug-likeness (QED) is 0.859. The number of sulfonamides is 1. The number of nitrogens with two attached hydrogens (primary N) is 1. The number of thiazole rings is 1. The van der Waals surface area contributed by atoms with Crippen LogP contribution < -0.4 is 5.73 Å². The zero-order chi connectivity index (χ0) is 14.9. The Balaban J connectivity index is 2.53. The zero-order valence-corrected chi connectivity index (χ0v) is 13.2. The van der Waals surface area contributed by atoms with Gasteiger partial charge in [0, 0.05) is 31.3 Å². The van der Waals surface area contributed by atoms with Crippen LogP contribution in [-0.2, 0) is 14.8 Å². The minimum Gasteiger partial charge on any atom is -0.383 e. The average molecular weight is 318 g/mol. The third-order valence-electron chi connectivity index (χ3n) is 3.01. The fraction of sp³-hybridized carbons (Fsp3) is 0.545. The Labute approximate surface area is 122 Å². The Kier molecular flexibility index (Phi) is 4.33. The molecule has 0 saturated carbocycles. The molecule has 0 aromatic carbocycles. The number of ether oxygens (including phenoxy) is 1. The molecule has 0 bridgehead atoms. The normalized spacial score (nSPS) is 14.2. The number of anilines is 1. The van der Waals surface area contributed by atoms with Gasteiger partial charge in [-0.1, -0.05) is 6.92 Å². The summed E-state index contributed by atoms with van der Waals surface area (Å²) in [5.41, 5.74) is 5.79. The van der Waals surface area contributed by atoms with Crippen molar-refractivity contribution in [1.82, 2.24) is 13.7 Å². The highest BCUT2D eigenvalue weighted by Gasteiger charge is 2.33. The fourth-order valence-electron chi connectivity index (χ4n) is 2.19. The molecule has 0 saturated heterocycles. The van der Waals surface area contributed by atoms with Gasteiger partial charge in [0.05, 0.1) is 6.61 Å². The molecule has 0 fully saturated rings. The molecule has 2 aromatic rings. The van der Waals surface area contributed by atoms with Crippen molar-refractivity contribution in [3.05, 3.63) is 11.6 Å². The van der Waals surface area contributed by atoms with Crippen molar-refractivity contribution >= 4 is 32.1 Å². The fourth-order valence-corrected chi connectivity index (χ4v) is 4.77. The lowest BCUT2D eigenvalue weighted by molar-refractivity contribution is 0.142. The summed E-state index contributed by atoms with van der Waals surface area (Å²) in [4.78, 5) is 4.65. The zero-order valence-electron chi connectivity index (χ0n) is 11.6. The second-order valence-electron chi connectivity index (χ2n) is 4.37. The summed E-state index contributed by atoms with van der Waals surface area (Å²) in [5, 5.41) is 1.80. The monoisotopic (exact) mass is 318 g/mol. The van der Waals surface area contributed by atoms with Crippen LogP contribution in [0.2, 0.25) is 0 Å². The van der Waals surface area contributed by atoms with E-state index in [0.29, 0.717) is 18.1 Å². The maximum Gasteiger partial charge on any atom is 0.263 e. The van der Waals surface area contributed by atoms with Crippen LogP contribution in [-0.4, -0.2) is 48.4 Å². The molecule has 1 atom stereocenters. The molecule has 2 aromatic heterocycles. The number of aromatic nitrogens is 2. The molecule has 0 spiro atoms. The molecule has 7 nitrogen and oxygen atoms in total. The van der Waals surface area contributed by atoms with Gasteiger partial charge < -0.3 is 10.5 Å². The molecule has 0 aliphatic carbocycles. The number of nitrogen functional groups attached to an aromatic ring is 1. The topological polar surface area (TPSA) is 89.9 Å². The minimum atomic E-state index is -3.72. The average Bonchev–Trinajstić information content (AvgIpc) is 2.88. The number of hydrogen-bond acceptors (Lipinski definition) is 6. The third kappa shape index (κ3) is 2.41. The first-order chi connectivity index (χ1) is 9.43. The number of rotatable bonds is 6. The van der Waals surface area contributed by atoms with Crippen LogP contribution >= 0.6 is 11.3 Å². The molecule has 0 amide bonds. The molecule has 1 unspecified atom stereocenters. The number of imidazole rings is 1. The second-order valence-corrected chi connectivity index (χ2v) is 7.05. The van der Waals surface area contributed by atoms with Crippen LogP contribution in [0.4, 0.5) is 5.82 Å². The first kappa shape index (κ1) is 15.2. The van der Waals surface area contributed by atoms with E-state index in [9.17, 15) is 8.42 Å². The van der Waals surface area contributed by atoms with E-state index >= 15 is 0 Å². The molecule has 2 N–H and O–H groups in total. The smallest absolute Gasteiger partial charge is 0.263 e. The summed E-state index contributed by atoms with van der Waals surface area (Å²) in [6.07, 6.45) is 1.66. The Morgan fingerprint density at radius 1 is 1.60 bits per heavy atom. The molecule has 0 aliphatic heterocycles. The van der Waals surface area contributed by atoms with Gasteiger partial charge in [0.15, 0.2) is 15.8 Å². The Morgan fingerprint density at radius 3 is 2.90 bits per heavy atom. The van der Waals surface area contributed by atoms with Crippen LogP contribution in [0.3, 0.4) is 0 Å². The van der Waals surface area contributed by atoms with Crippen molar-refractivity contribution in [3.8, 4) is 0 Å². The highest BCUT2D eigenvalue weighted by molar-refractivity contribution is 7.89. The second kappa shape index (κ2) is 5.68. The Hall–Kier alpha value is -1.16. The number of nitrogens with zero attached hydrogens (tertiary/aromatic N) is 3. The van der Waals surface area contributed by atoms with Gasteiger partial charge >= 0.3 is 0 Å². The van der Waals surface area contributed by atoms with Gasteiger partial charge in [-0.05, 0) is 6.92 Å². The van der Waals surface area contributed by atoms with Crippen LogP contribution in [0.1, 0.15) is 13.8 Å². The Bertz CT molecular complexity index is 692. The van der Waals surface area contributed by atoms with Crippen molar-refractivity contribution in [2.24, 2.45) is 0 Å². The third-order valence-corrected chi connectivity index (χ3v) is 5.89. The van der Waals surface area contributed by atoms with Gasteiger partial charge in [-0.15, -0.1) is 11.3 Å². The molecular formula is C11H18N4O3S2. The van der Waals surface area contributed by atoms with Gasteiger partial charge in [0.1, 0.15) is 0 Å². The highest BCUT2D eigenvalue weighted by Crippen LogP contribution is 2.27. The molecule has 20 heavy (non-hydrogen) atoms. The van der Waals surface area contributed by atoms with Crippen molar-refractivity contribution in [2.75, 3.05) is 26.0 Å². The van der Waals surface area contributed by atoms with Crippen LogP contribution in [0.5, 0.6) is 0 Å². The molecule has 0 aliphatic rings. The maximum atomic E-state index is 12.8. The van der Waals surface area contributed by atoms with E-state index in [2.05, 4.69) is 4.98 Å². The van der Waals surface area contributed by atoms with Crippen LogP contribution in [0.25, 0.3) is 4.96 Å². The van der Waals surface area contributed by atoms with Crippen LogP contribution in [0.15, 0.2) is 16.6 Å². The summed E-state index contributed by atoms with van der Waals surface area (Å²) >= 11 is 1.34. The predicted molar refractivity (Wildman–Crippen MR) is 78.4 cm³/mol. The number of likely N-dealkylation sites (N-methyl/N-ethyl adjacent to an activating group) is 1. The van der Waals surface area contributed by atoms with E-state index in [-0.39, 0.29) is 16.9 Å². The molecule has 2 heterocycles. The van der Waals surface area contributed by atoms with Crippen LogP contribution in [0, 0.1) is 0 Å². The number of hydrogen-bond donors (Lipinski definition) is 1. The predicted octanol–water partition coefficient (Wildman–Crippen LogP) is 1.02. The standard InChI is InChI=1S/C11H18N4O3S2/c1-4-15(8(2)7-18-3)20(16,17)10-9(12)13-11-14(10)5-6-19-11/h5-6,8H,4,7,12H2,1-3H3. The number of methoxy groups -OCH3 is 1. The lowest BCUT2D eigenvalue weighted by Gasteiger charge is -2.26. The SMILES string of the molecule is CCN(C(C)COC)S(=O)(=O)c1c(N)nc2sccn12. The van der Waals surface area contributed by atoms with Crippen molar-refractivity contribution in [1.29, 1.82) is 0 Å². The molecule has 9 heteroatoms. The summed E-state index contributed by atoms with van der Waals surface area (Å²) < 4.78 is 33.5. The first-order valence-corrected chi connectivity index (χ1v) is 8.47. The Morgan fingerprint density at radius 2 is 2.30 bits per heavy atom. The summed E-state index contributed by atoms with van der Waals surface area (Å²) in [5.74, 6) is 0.0277. The summed E-state index contributed by atoms with van der Waals surface area (Å²) in [7, 11) is -2.18. The van der Waals surface area contributed by atoms with Gasteiger partial charge in [-0.25, -0.2) is 13.4 Å². The van der Waals surface area contributed by atoms with Crippen molar-refractivity contribution in [3.63, 3.8) is 0 Å². The largest absolute Gasteiger partial charge is 0.383 e. The minimum absolute atomic E-state index is 0.0264. The lowest BCUT2D eigenvalue weighted by Crippen LogP contribution is -2.41. The van der Waals surface area contributed by atoms with E-state index in [4.69, 9.17) is 10.5 Å². The molecular weight excluding hydrogens is 300 g/mol. The van der Waals surface area contributed by atoms with Crippen molar-refractivity contribution in [2.45, 2.75) is 24.9 Å². The highest BCUT2D eigenvalue weighted by atomic mass is 32.2. The van der Waals surface area contributed by atoms with E-state index in [1.807, 2.05) is 0 Å². The maximum absolute atomic E-state index is 12.8. The molecule has 112 valence electrons. The van der Waals surface area contributed by atoms with Gasteiger partial charge in [0.2, 0.25) is 0 Å². The van der Waals surface area contributed by atoms with Crippen molar-refractivity contribution < 1.29 is 13.2 Å². The van der Waals surface area contributed by atoms with E-state index in [1.165, 1.54) is 20.0 Å². The molecule has 0 radical (unpaired) electrons. The molecule has 2 rings (SSSR count). The first-order valence-electron chi connectivity index (χ1n) is 6.15. The van der Waals surface area contributed by atoms with Gasteiger partial charge in [0.25, 0.3) is 10.0 Å². The van der Waals surface area contributed by atoms with E-state index in [1.54, 1.807) is 32.5 Å². The van der Waals surface area contributed by atoms with E-state index < -0.39 is 10.0 Å². The lowest BCUT2D eigenvalue weighted by atomic mass is 10.4. The van der Waals surface area contributed by atoms with E-state index in [0.717, 1.165) is 0 Å². The summed E-state index contributed by atoms with van der Waals surface area (Å²) in [6, 6.07) is -0.279. The van der Waals surface area contributed by atoms with Gasteiger partial charge in [-0.3, -0.25) is 4.40 Å². The summed E-state index contributed by atoms with van der Waals surface area (Å²) in [6.45, 7) is 4.24. The number of fused-ring (bicyclic) bond motifs is 1.